The van der Waals surface area contributed by atoms with Gasteiger partial charge in [0.2, 0.25) is 0 Å². The number of phenolic OH excluding ortho intramolecular Hbond substituents is 1. The Morgan fingerprint density at radius 1 is 1.15 bits per heavy atom. The van der Waals surface area contributed by atoms with Crippen LogP contribution in [0.15, 0.2) is 18.2 Å². The van der Waals surface area contributed by atoms with Crippen LogP contribution in [0.2, 0.25) is 0 Å². The number of benzene rings is 1. The van der Waals surface area contributed by atoms with Crippen LogP contribution >= 0.6 is 0 Å². The Bertz CT molecular complexity index is 770. The summed E-state index contributed by atoms with van der Waals surface area (Å²) in [7, 11) is -4.67. The predicted molar refractivity (Wildman–Crippen MR) is 94.3 cm³/mol. The van der Waals surface area contributed by atoms with Crippen molar-refractivity contribution < 1.29 is 32.8 Å². The van der Waals surface area contributed by atoms with Gasteiger partial charge >= 0.3 is 10.4 Å². The highest BCUT2D eigenvalue weighted by molar-refractivity contribution is 7.79. The largest absolute Gasteiger partial charge is 0.508 e. The molecule has 146 valence electrons. The average Bonchev–Trinajstić information content (AvgIpc) is 2.76. The van der Waals surface area contributed by atoms with E-state index in [0.717, 1.165) is 32.1 Å². The molecule has 4 rings (SSSR count). The van der Waals surface area contributed by atoms with E-state index in [4.69, 9.17) is 17.5 Å². The molecule has 0 aromatic heterocycles. The maximum Gasteiger partial charge on any atom is 0.394 e. The number of hydrogen-bond acceptors (Lipinski definition) is 5. The summed E-state index contributed by atoms with van der Waals surface area (Å²) in [5, 5.41) is 30.2. The van der Waals surface area contributed by atoms with Gasteiger partial charge in [0, 0.05) is 0 Å². The Morgan fingerprint density at radius 3 is 2.46 bits per heavy atom. The molecule has 6 atom stereocenters. The standard InChI is InChI=1S/C18H24O3.H2O4S/c1-18-7-6-13-12-5-3-11(19)8-10(12)2-4-14(13)15(18)9-16(20)17(18)21;1-5(2,3)4/h3,5,8,13-17,19-21H,2,4,6-7,9H2,1H3;(H2,1,2,3,4)/t13-,14+,15+,16-,17+,18+;/m1./s1. The molecule has 0 radical (unpaired) electrons. The van der Waals surface area contributed by atoms with Crippen molar-refractivity contribution in [2.75, 3.05) is 0 Å². The zero-order valence-corrected chi connectivity index (χ0v) is 15.4. The molecule has 8 heteroatoms. The smallest absolute Gasteiger partial charge is 0.394 e. The summed E-state index contributed by atoms with van der Waals surface area (Å²) in [4.78, 5) is 0. The van der Waals surface area contributed by atoms with E-state index >= 15 is 0 Å². The number of rotatable bonds is 0. The fourth-order valence-electron chi connectivity index (χ4n) is 5.56. The van der Waals surface area contributed by atoms with E-state index in [2.05, 4.69) is 13.0 Å². The maximum atomic E-state index is 10.4. The minimum absolute atomic E-state index is 0.116. The second kappa shape index (κ2) is 6.76. The van der Waals surface area contributed by atoms with Crippen molar-refractivity contribution in [3.8, 4) is 5.75 Å². The quantitative estimate of drug-likeness (QED) is 0.430. The molecule has 3 aliphatic carbocycles. The topological polar surface area (TPSA) is 135 Å². The van der Waals surface area contributed by atoms with Gasteiger partial charge in [0.05, 0.1) is 12.2 Å². The molecule has 7 nitrogen and oxygen atoms in total. The molecule has 0 heterocycles. The van der Waals surface area contributed by atoms with E-state index < -0.39 is 22.6 Å². The summed E-state index contributed by atoms with van der Waals surface area (Å²) in [6, 6.07) is 5.80. The Labute approximate surface area is 153 Å². The van der Waals surface area contributed by atoms with Crippen molar-refractivity contribution in [3.63, 3.8) is 0 Å². The molecule has 2 saturated carbocycles. The van der Waals surface area contributed by atoms with Crippen LogP contribution in [-0.2, 0) is 16.8 Å². The Morgan fingerprint density at radius 2 is 1.81 bits per heavy atom. The summed E-state index contributed by atoms with van der Waals surface area (Å²) in [5.74, 6) is 1.88. The summed E-state index contributed by atoms with van der Waals surface area (Å²) in [6.45, 7) is 2.17. The SMILES string of the molecule is C[C@]12CC[C@@H]3c4ccc(O)cc4CC[C@@H]3[C@@H]1C[C@@H](O)[C@@H]2O.O=S(=O)(O)O. The number of aliphatic hydroxyl groups excluding tert-OH is 2. The first-order chi connectivity index (χ1) is 12.0. The van der Waals surface area contributed by atoms with Crippen molar-refractivity contribution in [1.82, 2.24) is 0 Å². The molecule has 5 N–H and O–H groups in total. The van der Waals surface area contributed by atoms with E-state index in [1.165, 1.54) is 11.1 Å². The predicted octanol–water partition coefficient (Wildman–Crippen LogP) is 1.93. The molecular weight excluding hydrogens is 360 g/mol. The monoisotopic (exact) mass is 386 g/mol. The van der Waals surface area contributed by atoms with Gasteiger partial charge in [-0.15, -0.1) is 0 Å². The average molecular weight is 386 g/mol. The summed E-state index contributed by atoms with van der Waals surface area (Å²) in [6.07, 6.45) is 3.80. The molecular formula is C18H26O7S. The number of aliphatic hydroxyl groups is 2. The third kappa shape index (κ3) is 3.61. The van der Waals surface area contributed by atoms with E-state index in [-0.39, 0.29) is 5.41 Å². The third-order valence-corrected chi connectivity index (χ3v) is 6.68. The number of fused-ring (bicyclic) bond motifs is 5. The first kappa shape index (κ1) is 19.6. The lowest BCUT2D eigenvalue weighted by atomic mass is 9.55. The summed E-state index contributed by atoms with van der Waals surface area (Å²) < 4.78 is 31.6. The Balaban J connectivity index is 0.000000349. The number of hydrogen-bond donors (Lipinski definition) is 5. The molecule has 0 bridgehead atoms. The van der Waals surface area contributed by atoms with Crippen molar-refractivity contribution in [3.05, 3.63) is 29.3 Å². The van der Waals surface area contributed by atoms with Gasteiger partial charge in [0.25, 0.3) is 0 Å². The fourth-order valence-corrected chi connectivity index (χ4v) is 5.56. The van der Waals surface area contributed by atoms with Crippen LogP contribution in [0, 0.1) is 17.3 Å². The van der Waals surface area contributed by atoms with E-state index in [1.54, 1.807) is 6.07 Å². The van der Waals surface area contributed by atoms with Crippen LogP contribution < -0.4 is 0 Å². The van der Waals surface area contributed by atoms with Crippen LogP contribution in [0.3, 0.4) is 0 Å². The first-order valence-corrected chi connectivity index (χ1v) is 10.3. The number of aryl methyl sites for hydroxylation is 1. The van der Waals surface area contributed by atoms with Crippen molar-refractivity contribution in [1.29, 1.82) is 0 Å². The zero-order valence-electron chi connectivity index (χ0n) is 14.6. The molecule has 1 aromatic rings. The van der Waals surface area contributed by atoms with Crippen LogP contribution in [0.5, 0.6) is 5.75 Å². The molecule has 0 amide bonds. The summed E-state index contributed by atoms with van der Waals surface area (Å²) in [5.41, 5.74) is 2.57. The summed E-state index contributed by atoms with van der Waals surface area (Å²) >= 11 is 0. The minimum atomic E-state index is -4.67. The van der Waals surface area contributed by atoms with Crippen molar-refractivity contribution >= 4 is 10.4 Å². The zero-order chi connectivity index (χ0) is 19.3. The highest BCUT2D eigenvalue weighted by Crippen LogP contribution is 2.60. The van der Waals surface area contributed by atoms with Crippen LogP contribution in [-0.4, -0.2) is 45.1 Å². The lowest BCUT2D eigenvalue weighted by molar-refractivity contribution is -0.0505. The molecule has 3 aliphatic rings. The second-order valence-electron chi connectivity index (χ2n) is 8.04. The molecule has 1 aromatic carbocycles. The van der Waals surface area contributed by atoms with E-state index in [9.17, 15) is 15.3 Å². The van der Waals surface area contributed by atoms with Crippen molar-refractivity contribution in [2.45, 2.75) is 57.2 Å². The Kier molecular flexibility index (Phi) is 5.09. The maximum absolute atomic E-state index is 10.4. The lowest BCUT2D eigenvalue weighted by Gasteiger charge is -2.49. The van der Waals surface area contributed by atoms with Gasteiger partial charge < -0.3 is 15.3 Å². The van der Waals surface area contributed by atoms with Crippen LogP contribution in [0.25, 0.3) is 0 Å². The number of phenols is 1. The van der Waals surface area contributed by atoms with Gasteiger partial charge in [-0.3, -0.25) is 9.11 Å². The minimum Gasteiger partial charge on any atom is -0.508 e. The molecule has 0 aliphatic heterocycles. The lowest BCUT2D eigenvalue weighted by Crippen LogP contribution is -2.44. The van der Waals surface area contributed by atoms with Gasteiger partial charge in [-0.25, -0.2) is 0 Å². The van der Waals surface area contributed by atoms with Crippen LogP contribution in [0.1, 0.15) is 49.7 Å². The molecule has 26 heavy (non-hydrogen) atoms. The van der Waals surface area contributed by atoms with E-state index in [1.807, 2.05) is 6.07 Å². The fraction of sp³-hybridized carbons (Fsp3) is 0.667. The molecule has 0 spiro atoms. The second-order valence-corrected chi connectivity index (χ2v) is 8.93. The van der Waals surface area contributed by atoms with E-state index in [0.29, 0.717) is 23.5 Å². The highest BCUT2D eigenvalue weighted by Gasteiger charge is 2.57. The molecule has 0 saturated heterocycles. The molecule has 0 unspecified atom stereocenters. The molecule has 2 fully saturated rings. The van der Waals surface area contributed by atoms with Gasteiger partial charge in [-0.05, 0) is 78.5 Å². The number of aromatic hydroxyl groups is 1. The normalized spacial score (nSPS) is 38.4. The van der Waals surface area contributed by atoms with Gasteiger partial charge in [-0.2, -0.15) is 8.42 Å². The van der Waals surface area contributed by atoms with Gasteiger partial charge in [0.1, 0.15) is 5.75 Å². The van der Waals surface area contributed by atoms with Crippen molar-refractivity contribution in [2.24, 2.45) is 17.3 Å². The third-order valence-electron chi connectivity index (χ3n) is 6.68. The van der Waals surface area contributed by atoms with Gasteiger partial charge in [0.15, 0.2) is 0 Å². The van der Waals surface area contributed by atoms with Gasteiger partial charge in [-0.1, -0.05) is 13.0 Å². The first-order valence-electron chi connectivity index (χ1n) is 8.88. The van der Waals surface area contributed by atoms with Crippen LogP contribution in [0.4, 0.5) is 0 Å². The highest BCUT2D eigenvalue weighted by atomic mass is 32.3. The Hall–Kier alpha value is -1.19.